The van der Waals surface area contributed by atoms with Crippen LogP contribution < -0.4 is 0 Å². The lowest BCUT2D eigenvalue weighted by molar-refractivity contribution is 0.0915. The molecule has 0 spiro atoms. The zero-order valence-corrected chi connectivity index (χ0v) is 13.7. The summed E-state index contributed by atoms with van der Waals surface area (Å²) in [6.45, 7) is 9.25. The summed E-state index contributed by atoms with van der Waals surface area (Å²) >= 11 is 0. The Morgan fingerprint density at radius 3 is 2.29 bits per heavy atom. The van der Waals surface area contributed by atoms with Gasteiger partial charge < -0.3 is 5.11 Å². The van der Waals surface area contributed by atoms with Gasteiger partial charge in [0.05, 0.1) is 12.6 Å². The number of hydrogen-bond acceptors (Lipinski definition) is 5. The molecule has 0 aromatic carbocycles. The summed E-state index contributed by atoms with van der Waals surface area (Å²) in [4.78, 5) is 28.0. The highest BCUT2D eigenvalue weighted by molar-refractivity contribution is 5.34. The molecule has 0 amide bonds. The lowest BCUT2D eigenvalue weighted by Crippen LogP contribution is -2.39. The molecule has 1 saturated carbocycles. The summed E-state index contributed by atoms with van der Waals surface area (Å²) < 4.78 is 0. The average Bonchev–Trinajstić information content (AvgIpc) is 2.36. The van der Waals surface area contributed by atoms with Crippen molar-refractivity contribution in [1.29, 1.82) is 0 Å². The Morgan fingerprint density at radius 1 is 1.19 bits per heavy atom. The van der Waals surface area contributed by atoms with Crippen molar-refractivity contribution in [1.82, 2.24) is 0 Å². The molecule has 5 heteroatoms. The predicted molar refractivity (Wildman–Crippen MR) is 82.6 cm³/mol. The Balaban J connectivity index is 0.000000690. The molecule has 21 heavy (non-hydrogen) atoms. The van der Waals surface area contributed by atoms with Crippen molar-refractivity contribution in [2.75, 3.05) is 13.2 Å². The molecular weight excluding hydrogens is 268 g/mol. The fourth-order valence-electron chi connectivity index (χ4n) is 3.25. The molecule has 2 unspecified atom stereocenters. The van der Waals surface area contributed by atoms with Crippen LogP contribution in [0.4, 0.5) is 0 Å². The molecule has 0 radical (unpaired) electrons. The summed E-state index contributed by atoms with van der Waals surface area (Å²) in [5.74, 6) is 0. The molecule has 0 aliphatic heterocycles. The van der Waals surface area contributed by atoms with Gasteiger partial charge in [0.15, 0.2) is 0 Å². The van der Waals surface area contributed by atoms with Crippen LogP contribution in [0.5, 0.6) is 0 Å². The average molecular weight is 296 g/mol. The van der Waals surface area contributed by atoms with E-state index in [0.717, 1.165) is 32.1 Å². The van der Waals surface area contributed by atoms with Gasteiger partial charge in [0.1, 0.15) is 0 Å². The number of nitrogens with zero attached hydrogens (tertiary/aromatic N) is 2. The summed E-state index contributed by atoms with van der Waals surface area (Å²) in [6, 6.07) is 0.00750. The monoisotopic (exact) mass is 296 g/mol. The van der Waals surface area contributed by atoms with E-state index in [0.29, 0.717) is 13.2 Å². The molecule has 1 fully saturated rings. The van der Waals surface area contributed by atoms with Crippen LogP contribution in [0.2, 0.25) is 0 Å². The summed E-state index contributed by atoms with van der Waals surface area (Å²) in [5, 5.41) is 8.07. The maximum absolute atomic E-state index is 10.3. The Morgan fingerprint density at radius 2 is 1.86 bits per heavy atom. The number of unbranched alkanes of at least 4 members (excludes halogenated alkanes) is 1. The van der Waals surface area contributed by atoms with E-state index >= 15 is 0 Å². The zero-order valence-electron chi connectivity index (χ0n) is 13.7. The first kappa shape index (κ1) is 19.7. The van der Waals surface area contributed by atoms with Crippen molar-refractivity contribution >= 4 is 12.2 Å². The van der Waals surface area contributed by atoms with Crippen molar-refractivity contribution in [3.05, 3.63) is 0 Å². The highest BCUT2D eigenvalue weighted by Crippen LogP contribution is 2.47. The van der Waals surface area contributed by atoms with E-state index in [1.54, 1.807) is 12.2 Å². The first-order valence-electron chi connectivity index (χ1n) is 7.54. The SMILES string of the molecule is CC1(C)CC(N=C=O)CC(C)(CN=C=O)C1.CCCCO. The van der Waals surface area contributed by atoms with Gasteiger partial charge in [-0.25, -0.2) is 19.6 Å². The lowest BCUT2D eigenvalue weighted by atomic mass is 9.63. The fourth-order valence-corrected chi connectivity index (χ4v) is 3.25. The third-order valence-electron chi connectivity index (χ3n) is 3.69. The van der Waals surface area contributed by atoms with Crippen LogP contribution >= 0.6 is 0 Å². The maximum Gasteiger partial charge on any atom is 0.235 e. The molecule has 2 atom stereocenters. The Kier molecular flexibility index (Phi) is 9.03. The van der Waals surface area contributed by atoms with Crippen molar-refractivity contribution in [3.8, 4) is 0 Å². The standard InChI is InChI=1S/C12H18N2O2.C4H10O/c1-11(2)4-10(14-9-16)5-12(3,6-11)7-13-8-15;1-2-3-4-5/h10H,4-7H2,1-3H3;5H,2-4H2,1H3. The van der Waals surface area contributed by atoms with Crippen LogP contribution in [-0.4, -0.2) is 36.5 Å². The van der Waals surface area contributed by atoms with Gasteiger partial charge in [-0.3, -0.25) is 0 Å². The number of carbonyl (C=O) groups excluding carboxylic acids is 2. The normalized spacial score (nSPS) is 26.6. The van der Waals surface area contributed by atoms with E-state index in [9.17, 15) is 9.59 Å². The molecule has 120 valence electrons. The smallest absolute Gasteiger partial charge is 0.235 e. The molecule has 0 aromatic heterocycles. The molecule has 1 rings (SSSR count). The molecule has 5 nitrogen and oxygen atoms in total. The molecular formula is C16H28N2O3. The van der Waals surface area contributed by atoms with Gasteiger partial charge in [0.2, 0.25) is 12.2 Å². The van der Waals surface area contributed by atoms with Crippen LogP contribution in [0.3, 0.4) is 0 Å². The second-order valence-electron chi connectivity index (χ2n) is 6.92. The molecule has 0 aromatic rings. The van der Waals surface area contributed by atoms with E-state index in [-0.39, 0.29) is 16.9 Å². The van der Waals surface area contributed by atoms with E-state index < -0.39 is 0 Å². The Bertz CT molecular complexity index is 394. The van der Waals surface area contributed by atoms with Crippen molar-refractivity contribution in [2.24, 2.45) is 20.8 Å². The summed E-state index contributed by atoms with van der Waals surface area (Å²) in [7, 11) is 0. The lowest BCUT2D eigenvalue weighted by Gasteiger charge is -2.44. The number of aliphatic hydroxyl groups is 1. The maximum atomic E-state index is 10.3. The highest BCUT2D eigenvalue weighted by atomic mass is 16.2. The number of aliphatic imine (C=N–C) groups is 2. The largest absolute Gasteiger partial charge is 0.396 e. The van der Waals surface area contributed by atoms with Crippen LogP contribution in [0.15, 0.2) is 9.98 Å². The van der Waals surface area contributed by atoms with Crippen molar-refractivity contribution in [2.45, 2.75) is 65.8 Å². The second-order valence-corrected chi connectivity index (χ2v) is 6.92. The minimum absolute atomic E-state index is 0.00750. The van der Waals surface area contributed by atoms with Gasteiger partial charge in [-0.05, 0) is 36.5 Å². The number of hydrogen-bond donors (Lipinski definition) is 1. The van der Waals surface area contributed by atoms with Gasteiger partial charge in [0.25, 0.3) is 0 Å². The third kappa shape index (κ3) is 8.56. The van der Waals surface area contributed by atoms with Crippen LogP contribution in [0, 0.1) is 10.8 Å². The van der Waals surface area contributed by atoms with Crippen molar-refractivity contribution in [3.63, 3.8) is 0 Å². The Labute approximate surface area is 127 Å². The number of isocyanates is 2. The minimum Gasteiger partial charge on any atom is -0.396 e. The number of rotatable bonds is 5. The zero-order chi connectivity index (χ0) is 16.4. The van der Waals surface area contributed by atoms with Gasteiger partial charge in [-0.2, -0.15) is 0 Å². The summed E-state index contributed by atoms with van der Waals surface area (Å²) in [5.41, 5.74) is 0.0561. The van der Waals surface area contributed by atoms with Gasteiger partial charge in [0, 0.05) is 6.61 Å². The Hall–Kier alpha value is -1.28. The van der Waals surface area contributed by atoms with E-state index in [4.69, 9.17) is 5.11 Å². The van der Waals surface area contributed by atoms with Crippen LogP contribution in [0.1, 0.15) is 59.8 Å². The van der Waals surface area contributed by atoms with Gasteiger partial charge in [-0.15, -0.1) is 0 Å². The minimum atomic E-state index is -0.0653. The molecule has 1 aliphatic carbocycles. The third-order valence-corrected chi connectivity index (χ3v) is 3.69. The molecule has 0 bridgehead atoms. The van der Waals surface area contributed by atoms with Crippen LogP contribution in [-0.2, 0) is 9.59 Å². The topological polar surface area (TPSA) is 79.1 Å². The fraction of sp³-hybridized carbons (Fsp3) is 0.875. The first-order chi connectivity index (χ1) is 9.82. The van der Waals surface area contributed by atoms with E-state index in [1.165, 1.54) is 0 Å². The second kappa shape index (κ2) is 9.62. The van der Waals surface area contributed by atoms with E-state index in [2.05, 4.69) is 37.7 Å². The van der Waals surface area contributed by atoms with Crippen LogP contribution in [0.25, 0.3) is 0 Å². The van der Waals surface area contributed by atoms with Crippen molar-refractivity contribution < 1.29 is 14.7 Å². The first-order valence-corrected chi connectivity index (χ1v) is 7.54. The molecule has 1 N–H and O–H groups in total. The molecule has 1 aliphatic rings. The molecule has 0 heterocycles. The van der Waals surface area contributed by atoms with Gasteiger partial charge in [-0.1, -0.05) is 34.1 Å². The van der Waals surface area contributed by atoms with E-state index in [1.807, 2.05) is 0 Å². The highest BCUT2D eigenvalue weighted by Gasteiger charge is 2.41. The summed E-state index contributed by atoms with van der Waals surface area (Å²) in [6.07, 6.45) is 7.92. The number of aliphatic hydroxyl groups excluding tert-OH is 1. The van der Waals surface area contributed by atoms with Gasteiger partial charge >= 0.3 is 0 Å². The molecule has 0 saturated heterocycles. The quantitative estimate of drug-likeness (QED) is 0.625. The predicted octanol–water partition coefficient (Wildman–Crippen LogP) is 3.02.